The number of anilines is 2. The smallest absolute Gasteiger partial charge is 0.257 e. The molecule has 0 atom stereocenters. The predicted octanol–water partition coefficient (Wildman–Crippen LogP) is 0.432. The van der Waals surface area contributed by atoms with Gasteiger partial charge in [-0.15, -0.1) is 0 Å². The lowest BCUT2D eigenvalue weighted by molar-refractivity contribution is 0.102. The minimum Gasteiger partial charge on any atom is -0.368 e. The molecule has 1 saturated heterocycles. The van der Waals surface area contributed by atoms with Gasteiger partial charge in [0.1, 0.15) is 5.82 Å². The molecule has 0 bridgehead atoms. The quantitative estimate of drug-likeness (QED) is 0.765. The number of hydrogen-bond acceptors (Lipinski definition) is 5. The van der Waals surface area contributed by atoms with Crippen LogP contribution in [0.4, 0.5) is 11.5 Å². The molecule has 1 fully saturated rings. The molecule has 0 saturated carbocycles. The number of aromatic nitrogens is 2. The predicted molar refractivity (Wildman–Crippen MR) is 84.3 cm³/mol. The number of H-pyrrole nitrogens is 1. The highest BCUT2D eigenvalue weighted by Gasteiger charge is 2.11. The average Bonchev–Trinajstić information content (AvgIpc) is 2.56. The molecule has 1 aliphatic rings. The zero-order valence-corrected chi connectivity index (χ0v) is 12.0. The van der Waals surface area contributed by atoms with E-state index in [0.29, 0.717) is 11.4 Å². The molecule has 1 amide bonds. The van der Waals surface area contributed by atoms with Crippen molar-refractivity contribution < 1.29 is 4.79 Å². The van der Waals surface area contributed by atoms with Gasteiger partial charge >= 0.3 is 0 Å². The highest BCUT2D eigenvalue weighted by molar-refractivity contribution is 6.03. The average molecular weight is 299 g/mol. The fourth-order valence-electron chi connectivity index (χ4n) is 2.34. The molecule has 0 spiro atoms. The third-order valence-corrected chi connectivity index (χ3v) is 3.51. The van der Waals surface area contributed by atoms with Gasteiger partial charge in [0.05, 0.1) is 11.9 Å². The number of nitrogens with zero attached hydrogens (tertiary/aromatic N) is 2. The van der Waals surface area contributed by atoms with Gasteiger partial charge in [0.25, 0.3) is 5.91 Å². The number of rotatable bonds is 3. The van der Waals surface area contributed by atoms with E-state index in [4.69, 9.17) is 0 Å². The van der Waals surface area contributed by atoms with E-state index in [-0.39, 0.29) is 11.5 Å². The summed E-state index contributed by atoms with van der Waals surface area (Å²) < 4.78 is 0. The van der Waals surface area contributed by atoms with Crippen LogP contribution in [-0.4, -0.2) is 42.1 Å². The Balaban J connectivity index is 1.68. The van der Waals surface area contributed by atoms with E-state index in [1.165, 1.54) is 12.3 Å². The van der Waals surface area contributed by atoms with Gasteiger partial charge < -0.3 is 20.5 Å². The first kappa shape index (κ1) is 14.3. The van der Waals surface area contributed by atoms with Crippen LogP contribution in [0.15, 0.2) is 41.5 Å². The Bertz CT molecular complexity index is 704. The number of nitrogens with one attached hydrogen (secondary N) is 3. The summed E-state index contributed by atoms with van der Waals surface area (Å²) in [7, 11) is 0. The molecule has 3 rings (SSSR count). The van der Waals surface area contributed by atoms with Crippen molar-refractivity contribution in [1.29, 1.82) is 0 Å². The standard InChI is InChI=1S/C15H17N5O2/c21-14-9-11(3-4-17-14)15(22)19-13-2-1-12(10-18-13)20-7-5-16-6-8-20/h1-4,9-10,16H,5-8H2,(H,17,21)(H,18,19,22). The zero-order valence-electron chi connectivity index (χ0n) is 12.0. The van der Waals surface area contributed by atoms with Crippen LogP contribution < -0.4 is 21.1 Å². The summed E-state index contributed by atoms with van der Waals surface area (Å²) in [6.07, 6.45) is 3.19. The molecule has 1 aliphatic heterocycles. The van der Waals surface area contributed by atoms with Crippen molar-refractivity contribution in [2.75, 3.05) is 36.4 Å². The summed E-state index contributed by atoms with van der Waals surface area (Å²) in [5.74, 6) is 0.109. The molecule has 7 heteroatoms. The lowest BCUT2D eigenvalue weighted by atomic mass is 10.2. The molecule has 0 aromatic carbocycles. The van der Waals surface area contributed by atoms with Gasteiger partial charge in [-0.05, 0) is 18.2 Å². The molecular formula is C15H17N5O2. The Morgan fingerprint density at radius 1 is 1.23 bits per heavy atom. The van der Waals surface area contributed by atoms with Crippen molar-refractivity contribution in [3.05, 3.63) is 52.6 Å². The summed E-state index contributed by atoms with van der Waals surface area (Å²) in [6, 6.07) is 6.50. The largest absolute Gasteiger partial charge is 0.368 e. The van der Waals surface area contributed by atoms with Gasteiger partial charge in [-0.2, -0.15) is 0 Å². The fourth-order valence-corrected chi connectivity index (χ4v) is 2.34. The Morgan fingerprint density at radius 2 is 2.05 bits per heavy atom. The maximum Gasteiger partial charge on any atom is 0.257 e. The zero-order chi connectivity index (χ0) is 15.4. The van der Waals surface area contributed by atoms with Gasteiger partial charge in [-0.1, -0.05) is 0 Å². The summed E-state index contributed by atoms with van der Waals surface area (Å²) in [5.41, 5.74) is 1.03. The van der Waals surface area contributed by atoms with Crippen LogP contribution in [0.5, 0.6) is 0 Å². The Kier molecular flexibility index (Phi) is 4.15. The molecule has 7 nitrogen and oxygen atoms in total. The van der Waals surface area contributed by atoms with Crippen molar-refractivity contribution in [2.45, 2.75) is 0 Å². The van der Waals surface area contributed by atoms with E-state index in [0.717, 1.165) is 31.9 Å². The van der Waals surface area contributed by atoms with Crippen LogP contribution in [-0.2, 0) is 0 Å². The maximum atomic E-state index is 12.0. The van der Waals surface area contributed by atoms with E-state index >= 15 is 0 Å². The number of carbonyl (C=O) groups excluding carboxylic acids is 1. The second-order valence-corrected chi connectivity index (χ2v) is 5.03. The van der Waals surface area contributed by atoms with Gasteiger partial charge in [0, 0.05) is 44.0 Å². The third-order valence-electron chi connectivity index (χ3n) is 3.51. The van der Waals surface area contributed by atoms with Crippen LogP contribution >= 0.6 is 0 Å². The number of pyridine rings is 2. The summed E-state index contributed by atoms with van der Waals surface area (Å²) in [5, 5.41) is 5.98. The summed E-state index contributed by atoms with van der Waals surface area (Å²) in [6.45, 7) is 3.81. The molecule has 114 valence electrons. The molecule has 2 aromatic heterocycles. The van der Waals surface area contributed by atoms with Gasteiger partial charge in [0.2, 0.25) is 5.56 Å². The normalized spacial score (nSPS) is 14.6. The molecule has 0 radical (unpaired) electrons. The van der Waals surface area contributed by atoms with Crippen LogP contribution in [0.2, 0.25) is 0 Å². The maximum absolute atomic E-state index is 12.0. The third kappa shape index (κ3) is 3.32. The Hall–Kier alpha value is -2.67. The van der Waals surface area contributed by atoms with Crippen LogP contribution in [0.25, 0.3) is 0 Å². The minimum absolute atomic E-state index is 0.303. The SMILES string of the molecule is O=C(Nc1ccc(N2CCNCC2)cn1)c1cc[nH]c(=O)c1. The first-order valence-corrected chi connectivity index (χ1v) is 7.14. The summed E-state index contributed by atoms with van der Waals surface area (Å²) in [4.78, 5) is 32.2. The van der Waals surface area contributed by atoms with E-state index in [1.54, 1.807) is 18.3 Å². The first-order valence-electron chi connectivity index (χ1n) is 7.14. The number of hydrogen-bond donors (Lipinski definition) is 3. The molecule has 0 unspecified atom stereocenters. The molecule has 3 heterocycles. The molecule has 3 N–H and O–H groups in total. The minimum atomic E-state index is -0.353. The number of aromatic amines is 1. The Labute approximate surface area is 127 Å². The van der Waals surface area contributed by atoms with Gasteiger partial charge in [-0.3, -0.25) is 9.59 Å². The van der Waals surface area contributed by atoms with Crippen molar-refractivity contribution in [1.82, 2.24) is 15.3 Å². The van der Waals surface area contributed by atoms with Crippen molar-refractivity contribution in [3.63, 3.8) is 0 Å². The molecular weight excluding hydrogens is 282 g/mol. The van der Waals surface area contributed by atoms with Gasteiger partial charge in [0.15, 0.2) is 0 Å². The molecule has 0 aliphatic carbocycles. The number of piperazine rings is 1. The summed E-state index contributed by atoms with van der Waals surface area (Å²) >= 11 is 0. The lowest BCUT2D eigenvalue weighted by Gasteiger charge is -2.29. The monoisotopic (exact) mass is 299 g/mol. The number of carbonyl (C=O) groups is 1. The van der Waals surface area contributed by atoms with E-state index in [1.807, 2.05) is 6.07 Å². The number of amides is 1. The molecule has 22 heavy (non-hydrogen) atoms. The second-order valence-electron chi connectivity index (χ2n) is 5.03. The second kappa shape index (κ2) is 6.40. The van der Waals surface area contributed by atoms with E-state index < -0.39 is 0 Å². The fraction of sp³-hybridized carbons (Fsp3) is 0.267. The van der Waals surface area contributed by atoms with Crippen molar-refractivity contribution in [2.24, 2.45) is 0 Å². The lowest BCUT2D eigenvalue weighted by Crippen LogP contribution is -2.43. The van der Waals surface area contributed by atoms with E-state index in [9.17, 15) is 9.59 Å². The molecule has 2 aromatic rings. The highest BCUT2D eigenvalue weighted by Crippen LogP contribution is 2.16. The van der Waals surface area contributed by atoms with Crippen molar-refractivity contribution in [3.8, 4) is 0 Å². The first-order chi connectivity index (χ1) is 10.7. The Morgan fingerprint density at radius 3 is 2.73 bits per heavy atom. The highest BCUT2D eigenvalue weighted by atomic mass is 16.2. The van der Waals surface area contributed by atoms with E-state index in [2.05, 4.69) is 25.5 Å². The van der Waals surface area contributed by atoms with Crippen LogP contribution in [0.1, 0.15) is 10.4 Å². The van der Waals surface area contributed by atoms with Crippen LogP contribution in [0.3, 0.4) is 0 Å². The van der Waals surface area contributed by atoms with Crippen LogP contribution in [0, 0.1) is 0 Å². The van der Waals surface area contributed by atoms with Crippen molar-refractivity contribution >= 4 is 17.4 Å². The van der Waals surface area contributed by atoms with Gasteiger partial charge in [-0.25, -0.2) is 4.98 Å². The topological polar surface area (TPSA) is 90.1 Å².